The molecule has 4 heteroatoms. The van der Waals surface area contributed by atoms with Gasteiger partial charge in [-0.25, -0.2) is 0 Å². The zero-order valence-corrected chi connectivity index (χ0v) is 13.5. The lowest BCUT2D eigenvalue weighted by Gasteiger charge is -2.24. The number of nitrogens with zero attached hydrogens (tertiary/aromatic N) is 1. The summed E-state index contributed by atoms with van der Waals surface area (Å²) in [5.74, 6) is 0.671. The van der Waals surface area contributed by atoms with Crippen molar-refractivity contribution in [1.82, 2.24) is 4.90 Å². The molecule has 0 amide bonds. The van der Waals surface area contributed by atoms with Crippen LogP contribution in [0.1, 0.15) is 59.3 Å². The van der Waals surface area contributed by atoms with Gasteiger partial charge < -0.3 is 15.4 Å². The fourth-order valence-electron chi connectivity index (χ4n) is 2.50. The summed E-state index contributed by atoms with van der Waals surface area (Å²) in [4.78, 5) is 14.3. The van der Waals surface area contributed by atoms with Gasteiger partial charge in [0.25, 0.3) is 0 Å². The zero-order valence-electron chi connectivity index (χ0n) is 13.5. The van der Waals surface area contributed by atoms with Crippen LogP contribution in [-0.4, -0.2) is 42.6 Å². The van der Waals surface area contributed by atoms with Gasteiger partial charge in [0.2, 0.25) is 0 Å². The van der Waals surface area contributed by atoms with Crippen LogP contribution in [0.2, 0.25) is 0 Å². The first kappa shape index (κ1) is 17.4. The number of hydrogen-bond acceptors (Lipinski definition) is 4. The van der Waals surface area contributed by atoms with E-state index < -0.39 is 5.54 Å². The minimum absolute atomic E-state index is 0.275. The maximum atomic E-state index is 11.7. The van der Waals surface area contributed by atoms with Crippen molar-refractivity contribution < 1.29 is 9.53 Å². The predicted octanol–water partition coefficient (Wildman–Crippen LogP) is 2.56. The van der Waals surface area contributed by atoms with Crippen LogP contribution in [0, 0.1) is 5.92 Å². The van der Waals surface area contributed by atoms with E-state index in [0.717, 1.165) is 25.3 Å². The molecule has 1 aliphatic carbocycles. The number of nitrogens with two attached hydrogens (primary N) is 1. The molecule has 0 aromatic heterocycles. The van der Waals surface area contributed by atoms with E-state index in [2.05, 4.69) is 11.8 Å². The number of esters is 1. The van der Waals surface area contributed by atoms with Gasteiger partial charge >= 0.3 is 5.97 Å². The smallest absolute Gasteiger partial charge is 0.325 e. The Morgan fingerprint density at radius 2 is 2.00 bits per heavy atom. The number of unbranched alkanes of at least 4 members (excludes halogenated alkanes) is 1. The maximum Gasteiger partial charge on any atom is 0.325 e. The van der Waals surface area contributed by atoms with Crippen molar-refractivity contribution in [2.45, 2.75) is 64.8 Å². The lowest BCUT2D eigenvalue weighted by atomic mass is 9.96. The molecule has 1 aliphatic rings. The van der Waals surface area contributed by atoms with Gasteiger partial charge in [0.05, 0.1) is 6.61 Å². The van der Waals surface area contributed by atoms with Crippen molar-refractivity contribution in [3.63, 3.8) is 0 Å². The molecule has 1 saturated carbocycles. The third-order valence-electron chi connectivity index (χ3n) is 3.92. The topological polar surface area (TPSA) is 55.6 Å². The van der Waals surface area contributed by atoms with Crippen molar-refractivity contribution >= 4 is 5.97 Å². The zero-order chi connectivity index (χ0) is 15.0. The molecule has 0 aliphatic heterocycles. The van der Waals surface area contributed by atoms with Crippen LogP contribution in [0.4, 0.5) is 0 Å². The summed E-state index contributed by atoms with van der Waals surface area (Å²) in [7, 11) is 0. The molecule has 0 spiro atoms. The van der Waals surface area contributed by atoms with E-state index in [-0.39, 0.29) is 5.97 Å². The molecule has 2 N–H and O–H groups in total. The molecule has 1 unspecified atom stereocenters. The molecule has 0 aromatic carbocycles. The Bertz CT molecular complexity index is 288. The molecule has 1 rings (SSSR count). The van der Waals surface area contributed by atoms with Crippen LogP contribution in [-0.2, 0) is 9.53 Å². The first-order valence-corrected chi connectivity index (χ1v) is 8.18. The Labute approximate surface area is 124 Å². The molecule has 0 saturated heterocycles. The Morgan fingerprint density at radius 3 is 2.55 bits per heavy atom. The van der Waals surface area contributed by atoms with E-state index in [1.807, 2.05) is 6.92 Å². The lowest BCUT2D eigenvalue weighted by molar-refractivity contribution is -0.149. The average Bonchev–Trinajstić information content (AvgIpc) is 3.19. The second kappa shape index (κ2) is 8.63. The van der Waals surface area contributed by atoms with Gasteiger partial charge in [-0.15, -0.1) is 0 Å². The van der Waals surface area contributed by atoms with Crippen LogP contribution in [0.3, 0.4) is 0 Å². The maximum absolute atomic E-state index is 11.7. The number of rotatable bonds is 11. The standard InChI is InChI=1S/C16H32N2O2/c1-4-11-18(13-14-8-9-14)12-7-6-10-16(3,17)15(19)20-5-2/h14H,4-13,17H2,1-3H3. The van der Waals surface area contributed by atoms with Crippen LogP contribution >= 0.6 is 0 Å². The van der Waals surface area contributed by atoms with E-state index in [1.165, 1.54) is 32.4 Å². The second-order valence-corrected chi connectivity index (χ2v) is 6.34. The Morgan fingerprint density at radius 1 is 1.30 bits per heavy atom. The molecular weight excluding hydrogens is 252 g/mol. The van der Waals surface area contributed by atoms with Crippen molar-refractivity contribution in [3.05, 3.63) is 0 Å². The molecule has 0 aromatic rings. The van der Waals surface area contributed by atoms with Gasteiger partial charge in [-0.2, -0.15) is 0 Å². The van der Waals surface area contributed by atoms with E-state index in [1.54, 1.807) is 6.92 Å². The van der Waals surface area contributed by atoms with Gasteiger partial charge in [0, 0.05) is 6.54 Å². The molecule has 0 bridgehead atoms. The van der Waals surface area contributed by atoms with Crippen molar-refractivity contribution in [2.75, 3.05) is 26.2 Å². The number of carbonyl (C=O) groups excluding carboxylic acids is 1. The van der Waals surface area contributed by atoms with Crippen molar-refractivity contribution in [3.8, 4) is 0 Å². The minimum atomic E-state index is -0.831. The minimum Gasteiger partial charge on any atom is -0.465 e. The number of carbonyl (C=O) groups is 1. The first-order valence-electron chi connectivity index (χ1n) is 8.18. The van der Waals surface area contributed by atoms with Crippen molar-refractivity contribution in [2.24, 2.45) is 11.7 Å². The summed E-state index contributed by atoms with van der Waals surface area (Å²) in [6.07, 6.45) is 6.82. The molecule has 20 heavy (non-hydrogen) atoms. The average molecular weight is 284 g/mol. The van der Waals surface area contributed by atoms with Gasteiger partial charge in [0.15, 0.2) is 0 Å². The highest BCUT2D eigenvalue weighted by atomic mass is 16.5. The summed E-state index contributed by atoms with van der Waals surface area (Å²) >= 11 is 0. The van der Waals surface area contributed by atoms with E-state index in [4.69, 9.17) is 10.5 Å². The second-order valence-electron chi connectivity index (χ2n) is 6.34. The summed E-state index contributed by atoms with van der Waals surface area (Å²) in [5, 5.41) is 0. The Balaban J connectivity index is 2.19. The Hall–Kier alpha value is -0.610. The highest BCUT2D eigenvalue weighted by molar-refractivity contribution is 5.79. The highest BCUT2D eigenvalue weighted by Gasteiger charge is 2.29. The van der Waals surface area contributed by atoms with Crippen molar-refractivity contribution in [1.29, 1.82) is 0 Å². The summed E-state index contributed by atoms with van der Waals surface area (Å²) in [6.45, 7) is 9.80. The van der Waals surface area contributed by atoms with Gasteiger partial charge in [-0.3, -0.25) is 4.79 Å². The molecule has 4 nitrogen and oxygen atoms in total. The third kappa shape index (κ3) is 6.71. The van der Waals surface area contributed by atoms with Crippen LogP contribution in [0.25, 0.3) is 0 Å². The van der Waals surface area contributed by atoms with E-state index >= 15 is 0 Å². The lowest BCUT2D eigenvalue weighted by Crippen LogP contribution is -2.46. The molecule has 1 fully saturated rings. The molecule has 0 radical (unpaired) electrons. The fraction of sp³-hybridized carbons (Fsp3) is 0.938. The normalized spacial score (nSPS) is 18.1. The molecule has 0 heterocycles. The number of hydrogen-bond donors (Lipinski definition) is 1. The molecule has 118 valence electrons. The third-order valence-corrected chi connectivity index (χ3v) is 3.92. The van der Waals surface area contributed by atoms with Crippen LogP contribution < -0.4 is 5.73 Å². The Kier molecular flexibility index (Phi) is 7.52. The van der Waals surface area contributed by atoms with E-state index in [0.29, 0.717) is 13.0 Å². The van der Waals surface area contributed by atoms with Crippen LogP contribution in [0.5, 0.6) is 0 Å². The highest BCUT2D eigenvalue weighted by Crippen LogP contribution is 2.29. The predicted molar refractivity (Wildman–Crippen MR) is 82.5 cm³/mol. The SMILES string of the molecule is CCCN(CCCCC(C)(N)C(=O)OCC)CC1CC1. The fourth-order valence-corrected chi connectivity index (χ4v) is 2.50. The molecule has 1 atom stereocenters. The van der Waals surface area contributed by atoms with E-state index in [9.17, 15) is 4.79 Å². The summed E-state index contributed by atoms with van der Waals surface area (Å²) in [5.41, 5.74) is 5.19. The summed E-state index contributed by atoms with van der Waals surface area (Å²) < 4.78 is 5.01. The van der Waals surface area contributed by atoms with Gasteiger partial charge in [-0.1, -0.05) is 6.92 Å². The van der Waals surface area contributed by atoms with Crippen LogP contribution in [0.15, 0.2) is 0 Å². The number of ether oxygens (including phenoxy) is 1. The quantitative estimate of drug-likeness (QED) is 0.468. The first-order chi connectivity index (χ1) is 9.49. The largest absolute Gasteiger partial charge is 0.465 e. The van der Waals surface area contributed by atoms with Gasteiger partial charge in [-0.05, 0) is 71.4 Å². The van der Waals surface area contributed by atoms with Gasteiger partial charge in [0.1, 0.15) is 5.54 Å². The molecular formula is C16H32N2O2. The summed E-state index contributed by atoms with van der Waals surface area (Å²) in [6, 6.07) is 0. The monoisotopic (exact) mass is 284 g/mol.